The van der Waals surface area contributed by atoms with Gasteiger partial charge in [-0.05, 0) is 25.1 Å². The van der Waals surface area contributed by atoms with Crippen molar-refractivity contribution in [3.05, 3.63) is 46.2 Å². The summed E-state index contributed by atoms with van der Waals surface area (Å²) in [6, 6.07) is 9.08. The summed E-state index contributed by atoms with van der Waals surface area (Å²) in [6.07, 6.45) is 0. The second-order valence-electron chi connectivity index (χ2n) is 4.10. The van der Waals surface area contributed by atoms with E-state index in [9.17, 15) is 9.90 Å². The van der Waals surface area contributed by atoms with Gasteiger partial charge in [-0.15, -0.1) is 0 Å². The van der Waals surface area contributed by atoms with Crippen LogP contribution in [-0.2, 0) is 13.7 Å². The predicted molar refractivity (Wildman–Crippen MR) is 72.0 cm³/mol. The second kappa shape index (κ2) is 5.67. The van der Waals surface area contributed by atoms with Crippen molar-refractivity contribution in [3.63, 3.8) is 0 Å². The Balaban J connectivity index is 2.49. The van der Waals surface area contributed by atoms with Gasteiger partial charge in [0.2, 0.25) is 0 Å². The molecule has 0 radical (unpaired) electrons. The SMILES string of the molecule is CCOc1cccc(-c2cc(CO)c(=O)n(C)n2)c1. The summed E-state index contributed by atoms with van der Waals surface area (Å²) in [5.74, 6) is 0.751. The van der Waals surface area contributed by atoms with Crippen LogP contribution in [0.2, 0.25) is 0 Å². The molecule has 5 heteroatoms. The lowest BCUT2D eigenvalue weighted by Crippen LogP contribution is -2.23. The predicted octanol–water partition coefficient (Wildman–Crippen LogP) is 1.34. The maximum absolute atomic E-state index is 11.7. The van der Waals surface area contributed by atoms with Gasteiger partial charge >= 0.3 is 0 Å². The summed E-state index contributed by atoms with van der Waals surface area (Å²) in [6.45, 7) is 2.21. The Bertz CT molecular complexity index is 635. The molecule has 0 aliphatic rings. The van der Waals surface area contributed by atoms with E-state index in [1.165, 1.54) is 4.68 Å². The van der Waals surface area contributed by atoms with E-state index in [1.807, 2.05) is 31.2 Å². The highest BCUT2D eigenvalue weighted by atomic mass is 16.5. The van der Waals surface area contributed by atoms with Crippen LogP contribution in [0.4, 0.5) is 0 Å². The average Bonchev–Trinajstić information content (AvgIpc) is 2.42. The van der Waals surface area contributed by atoms with Crippen molar-refractivity contribution in [3.8, 4) is 17.0 Å². The molecule has 0 aliphatic heterocycles. The molecule has 0 saturated heterocycles. The summed E-state index contributed by atoms with van der Waals surface area (Å²) < 4.78 is 6.66. The van der Waals surface area contributed by atoms with Crippen LogP contribution in [-0.4, -0.2) is 21.5 Å². The van der Waals surface area contributed by atoms with Crippen LogP contribution in [0.3, 0.4) is 0 Å². The molecule has 100 valence electrons. The lowest BCUT2D eigenvalue weighted by atomic mass is 10.1. The third kappa shape index (κ3) is 2.82. The first-order chi connectivity index (χ1) is 9.15. The van der Waals surface area contributed by atoms with Gasteiger partial charge in [0, 0.05) is 18.2 Å². The number of hydrogen-bond acceptors (Lipinski definition) is 4. The Kier molecular flexibility index (Phi) is 3.97. The molecule has 5 nitrogen and oxygen atoms in total. The zero-order valence-corrected chi connectivity index (χ0v) is 11.0. The zero-order valence-electron chi connectivity index (χ0n) is 11.0. The smallest absolute Gasteiger partial charge is 0.272 e. The Hall–Kier alpha value is -2.14. The number of benzene rings is 1. The van der Waals surface area contributed by atoms with Crippen molar-refractivity contribution in [2.24, 2.45) is 7.05 Å². The lowest BCUT2D eigenvalue weighted by molar-refractivity contribution is 0.279. The van der Waals surface area contributed by atoms with Crippen LogP contribution < -0.4 is 10.3 Å². The van der Waals surface area contributed by atoms with Crippen LogP contribution in [0.25, 0.3) is 11.3 Å². The molecular formula is C14H16N2O3. The van der Waals surface area contributed by atoms with Crippen molar-refractivity contribution >= 4 is 0 Å². The Morgan fingerprint density at radius 3 is 2.84 bits per heavy atom. The molecule has 0 unspecified atom stereocenters. The number of aromatic nitrogens is 2. The van der Waals surface area contributed by atoms with E-state index in [2.05, 4.69) is 5.10 Å². The van der Waals surface area contributed by atoms with Crippen LogP contribution in [0.1, 0.15) is 12.5 Å². The van der Waals surface area contributed by atoms with Gasteiger partial charge in [0.25, 0.3) is 5.56 Å². The number of rotatable bonds is 4. The van der Waals surface area contributed by atoms with E-state index < -0.39 is 0 Å². The van der Waals surface area contributed by atoms with E-state index in [4.69, 9.17) is 4.74 Å². The molecule has 1 aromatic heterocycles. The fourth-order valence-electron chi connectivity index (χ4n) is 1.84. The first kappa shape index (κ1) is 13.3. The molecule has 0 fully saturated rings. The molecule has 0 atom stereocenters. The standard InChI is InChI=1S/C14H16N2O3/c1-3-19-12-6-4-5-10(7-12)13-8-11(9-17)14(18)16(2)15-13/h4-8,17H,3,9H2,1-2H3. The van der Waals surface area contributed by atoms with Gasteiger partial charge in [-0.25, -0.2) is 4.68 Å². The maximum Gasteiger partial charge on any atom is 0.272 e. The number of nitrogens with zero attached hydrogens (tertiary/aromatic N) is 2. The molecule has 0 aliphatic carbocycles. The lowest BCUT2D eigenvalue weighted by Gasteiger charge is -2.08. The molecule has 0 amide bonds. The summed E-state index contributed by atoms with van der Waals surface area (Å²) in [7, 11) is 1.57. The van der Waals surface area contributed by atoms with Crippen LogP contribution in [0.15, 0.2) is 35.1 Å². The van der Waals surface area contributed by atoms with Crippen molar-refractivity contribution in [1.29, 1.82) is 0 Å². The van der Waals surface area contributed by atoms with Gasteiger partial charge in [0.05, 0.1) is 18.9 Å². The van der Waals surface area contributed by atoms with Crippen LogP contribution >= 0.6 is 0 Å². The van der Waals surface area contributed by atoms with Crippen molar-refractivity contribution in [2.45, 2.75) is 13.5 Å². The Morgan fingerprint density at radius 1 is 1.37 bits per heavy atom. The average molecular weight is 260 g/mol. The second-order valence-corrected chi connectivity index (χ2v) is 4.10. The van der Waals surface area contributed by atoms with E-state index in [0.29, 0.717) is 17.9 Å². The van der Waals surface area contributed by atoms with E-state index >= 15 is 0 Å². The largest absolute Gasteiger partial charge is 0.494 e. The molecule has 0 saturated carbocycles. The third-order valence-corrected chi connectivity index (χ3v) is 2.75. The molecule has 0 spiro atoms. The van der Waals surface area contributed by atoms with Gasteiger partial charge in [0.1, 0.15) is 5.75 Å². The Morgan fingerprint density at radius 2 is 2.16 bits per heavy atom. The van der Waals surface area contributed by atoms with Crippen LogP contribution in [0, 0.1) is 0 Å². The normalized spacial score (nSPS) is 10.5. The summed E-state index contributed by atoms with van der Waals surface area (Å²) >= 11 is 0. The topological polar surface area (TPSA) is 64.3 Å². The summed E-state index contributed by atoms with van der Waals surface area (Å²) in [4.78, 5) is 11.7. The number of aliphatic hydroxyl groups is 1. The molecule has 2 rings (SSSR count). The highest BCUT2D eigenvalue weighted by molar-refractivity contribution is 5.61. The van der Waals surface area contributed by atoms with Gasteiger partial charge in [-0.1, -0.05) is 12.1 Å². The molecule has 0 bridgehead atoms. The fraction of sp³-hybridized carbons (Fsp3) is 0.286. The van der Waals surface area contributed by atoms with Crippen molar-refractivity contribution < 1.29 is 9.84 Å². The number of hydrogen-bond donors (Lipinski definition) is 1. The van der Waals surface area contributed by atoms with Gasteiger partial charge in [-0.3, -0.25) is 4.79 Å². The maximum atomic E-state index is 11.7. The van der Waals surface area contributed by atoms with Gasteiger partial charge in [0.15, 0.2) is 0 Å². The first-order valence-electron chi connectivity index (χ1n) is 6.07. The van der Waals surface area contributed by atoms with Crippen LogP contribution in [0.5, 0.6) is 5.75 Å². The number of aliphatic hydroxyl groups excluding tert-OH is 1. The fourth-order valence-corrected chi connectivity index (χ4v) is 1.84. The highest BCUT2D eigenvalue weighted by Gasteiger charge is 2.08. The molecule has 1 heterocycles. The van der Waals surface area contributed by atoms with E-state index in [1.54, 1.807) is 13.1 Å². The van der Waals surface area contributed by atoms with Gasteiger partial charge < -0.3 is 9.84 Å². The molecular weight excluding hydrogens is 244 g/mol. The summed E-state index contributed by atoms with van der Waals surface area (Å²) in [5.41, 5.74) is 1.52. The van der Waals surface area contributed by atoms with Gasteiger partial charge in [-0.2, -0.15) is 5.10 Å². The first-order valence-corrected chi connectivity index (χ1v) is 6.07. The third-order valence-electron chi connectivity index (χ3n) is 2.75. The zero-order chi connectivity index (χ0) is 13.8. The molecule has 1 aromatic carbocycles. The highest BCUT2D eigenvalue weighted by Crippen LogP contribution is 2.22. The minimum absolute atomic E-state index is 0.285. The van der Waals surface area contributed by atoms with E-state index in [0.717, 1.165) is 11.3 Å². The molecule has 1 N–H and O–H groups in total. The Labute approximate surface area is 111 Å². The molecule has 19 heavy (non-hydrogen) atoms. The minimum Gasteiger partial charge on any atom is -0.494 e. The van der Waals surface area contributed by atoms with E-state index in [-0.39, 0.29) is 12.2 Å². The molecule has 2 aromatic rings. The van der Waals surface area contributed by atoms with Crippen molar-refractivity contribution in [2.75, 3.05) is 6.61 Å². The van der Waals surface area contributed by atoms with Crippen molar-refractivity contribution in [1.82, 2.24) is 9.78 Å². The quantitative estimate of drug-likeness (QED) is 0.901. The monoisotopic (exact) mass is 260 g/mol. The number of aryl methyl sites for hydroxylation is 1. The summed E-state index contributed by atoms with van der Waals surface area (Å²) in [5, 5.41) is 13.4. The minimum atomic E-state index is -0.298. The number of ether oxygens (including phenoxy) is 1.